The second kappa shape index (κ2) is 5.80. The Kier molecular flexibility index (Phi) is 3.80. The molecule has 0 amide bonds. The van der Waals surface area contributed by atoms with Gasteiger partial charge in [-0.25, -0.2) is 14.3 Å². The molecule has 0 atom stereocenters. The molecule has 8 nitrogen and oxygen atoms in total. The molecule has 24 heavy (non-hydrogen) atoms. The highest BCUT2D eigenvalue weighted by molar-refractivity contribution is 5.92. The van der Waals surface area contributed by atoms with Gasteiger partial charge in [-0.2, -0.15) is 0 Å². The van der Waals surface area contributed by atoms with Gasteiger partial charge in [0, 0.05) is 29.6 Å². The zero-order valence-corrected chi connectivity index (χ0v) is 13.4. The van der Waals surface area contributed by atoms with Gasteiger partial charge in [0.2, 0.25) is 5.88 Å². The van der Waals surface area contributed by atoms with Crippen LogP contribution in [0.15, 0.2) is 29.3 Å². The van der Waals surface area contributed by atoms with E-state index in [0.29, 0.717) is 22.8 Å². The molecule has 8 heteroatoms. The fourth-order valence-corrected chi connectivity index (χ4v) is 2.64. The van der Waals surface area contributed by atoms with E-state index in [-0.39, 0.29) is 17.0 Å². The van der Waals surface area contributed by atoms with Crippen LogP contribution in [0.2, 0.25) is 0 Å². The van der Waals surface area contributed by atoms with E-state index in [0.717, 1.165) is 0 Å². The predicted octanol–water partition coefficient (Wildman–Crippen LogP) is 1.91. The van der Waals surface area contributed by atoms with Crippen LogP contribution < -0.4 is 10.3 Å². The molecule has 0 spiro atoms. The van der Waals surface area contributed by atoms with Gasteiger partial charge in [0.15, 0.2) is 5.82 Å². The van der Waals surface area contributed by atoms with Gasteiger partial charge < -0.3 is 14.8 Å². The summed E-state index contributed by atoms with van der Waals surface area (Å²) >= 11 is 0. The Hall–Kier alpha value is -3.16. The van der Waals surface area contributed by atoms with Gasteiger partial charge in [-0.15, -0.1) is 5.10 Å². The third-order valence-electron chi connectivity index (χ3n) is 3.71. The molecular formula is C16H16N4O4. The number of carboxylic acids is 1. The number of hydrogen-bond acceptors (Lipinski definition) is 5. The van der Waals surface area contributed by atoms with E-state index in [1.165, 1.54) is 24.0 Å². The minimum absolute atomic E-state index is 0.0769. The van der Waals surface area contributed by atoms with E-state index in [4.69, 9.17) is 4.74 Å². The van der Waals surface area contributed by atoms with Gasteiger partial charge >= 0.3 is 5.97 Å². The Bertz CT molecular complexity index is 970. The van der Waals surface area contributed by atoms with Gasteiger partial charge in [-0.05, 0) is 12.0 Å². The Labute approximate surface area is 136 Å². The number of carboxylic acid groups (broad SMARTS) is 1. The fourth-order valence-electron chi connectivity index (χ4n) is 2.64. The summed E-state index contributed by atoms with van der Waals surface area (Å²) in [6.07, 6.45) is 2.89. The van der Waals surface area contributed by atoms with E-state index in [1.807, 2.05) is 13.8 Å². The molecule has 0 aliphatic rings. The molecular weight excluding hydrogens is 312 g/mol. The standard InChI is InChI=1S/C16H16N4O4/c1-8(2)12-10(16(22)23)7-20-13(12)15(21)18-14(19-20)9-4-5-11(24-3)17-6-9/h4-8H,1-3H3,(H,22,23)(H,18,19,21). The second-order valence-corrected chi connectivity index (χ2v) is 5.60. The number of hydrogen-bond donors (Lipinski definition) is 2. The first-order valence-corrected chi connectivity index (χ1v) is 7.31. The van der Waals surface area contributed by atoms with E-state index in [9.17, 15) is 14.7 Å². The minimum atomic E-state index is -1.09. The lowest BCUT2D eigenvalue weighted by Crippen LogP contribution is -2.15. The van der Waals surface area contributed by atoms with Crippen LogP contribution in [-0.4, -0.2) is 37.8 Å². The van der Waals surface area contributed by atoms with Crippen molar-refractivity contribution in [1.29, 1.82) is 0 Å². The van der Waals surface area contributed by atoms with Crippen molar-refractivity contribution in [2.75, 3.05) is 7.11 Å². The summed E-state index contributed by atoms with van der Waals surface area (Å²) in [7, 11) is 1.51. The molecule has 3 heterocycles. The van der Waals surface area contributed by atoms with Crippen molar-refractivity contribution < 1.29 is 14.6 Å². The van der Waals surface area contributed by atoms with Crippen LogP contribution in [-0.2, 0) is 0 Å². The zero-order chi connectivity index (χ0) is 17.4. The van der Waals surface area contributed by atoms with Gasteiger partial charge in [0.05, 0.1) is 12.7 Å². The highest BCUT2D eigenvalue weighted by Gasteiger charge is 2.22. The first-order chi connectivity index (χ1) is 11.4. The zero-order valence-electron chi connectivity index (χ0n) is 13.4. The van der Waals surface area contributed by atoms with E-state index >= 15 is 0 Å². The summed E-state index contributed by atoms with van der Waals surface area (Å²) in [5, 5.41) is 13.7. The maximum absolute atomic E-state index is 12.5. The number of methoxy groups -OCH3 is 1. The fraction of sp³-hybridized carbons (Fsp3) is 0.250. The normalized spacial score (nSPS) is 11.2. The molecule has 0 aromatic carbocycles. The molecule has 0 fully saturated rings. The summed E-state index contributed by atoms with van der Waals surface area (Å²) in [5.41, 5.74) is 0.981. The highest BCUT2D eigenvalue weighted by atomic mass is 16.5. The van der Waals surface area contributed by atoms with Gasteiger partial charge in [0.25, 0.3) is 5.56 Å². The maximum Gasteiger partial charge on any atom is 0.337 e. The van der Waals surface area contributed by atoms with Crippen molar-refractivity contribution >= 4 is 11.5 Å². The van der Waals surface area contributed by atoms with Gasteiger partial charge in [0.1, 0.15) is 5.52 Å². The number of aromatic nitrogens is 4. The Morgan fingerprint density at radius 2 is 2.12 bits per heavy atom. The largest absolute Gasteiger partial charge is 0.481 e. The highest BCUT2D eigenvalue weighted by Crippen LogP contribution is 2.25. The summed E-state index contributed by atoms with van der Waals surface area (Å²) in [6, 6.07) is 3.36. The molecule has 0 unspecified atom stereocenters. The average molecular weight is 328 g/mol. The number of nitrogens with zero attached hydrogens (tertiary/aromatic N) is 3. The topological polar surface area (TPSA) is 110 Å². The minimum Gasteiger partial charge on any atom is -0.481 e. The average Bonchev–Trinajstić information content (AvgIpc) is 2.95. The van der Waals surface area contributed by atoms with Crippen LogP contribution in [0.1, 0.15) is 35.7 Å². The van der Waals surface area contributed by atoms with Crippen LogP contribution in [0.3, 0.4) is 0 Å². The number of carbonyl (C=O) groups is 1. The molecule has 0 bridgehead atoms. The van der Waals surface area contributed by atoms with Crippen molar-refractivity contribution in [3.05, 3.63) is 46.0 Å². The SMILES string of the molecule is COc1ccc(-c2nn3cc(C(=O)O)c(C(C)C)c3c(=O)[nH]2)cn1. The maximum atomic E-state index is 12.5. The van der Waals surface area contributed by atoms with E-state index in [2.05, 4.69) is 15.1 Å². The second-order valence-electron chi connectivity index (χ2n) is 5.60. The lowest BCUT2D eigenvalue weighted by molar-refractivity contribution is 0.0695. The Morgan fingerprint density at radius 3 is 2.67 bits per heavy atom. The van der Waals surface area contributed by atoms with Crippen LogP contribution in [0.25, 0.3) is 16.9 Å². The Morgan fingerprint density at radius 1 is 1.38 bits per heavy atom. The first-order valence-electron chi connectivity index (χ1n) is 7.31. The molecule has 0 saturated heterocycles. The number of ether oxygens (including phenoxy) is 1. The Balaban J connectivity index is 2.23. The molecule has 2 N–H and O–H groups in total. The number of fused-ring (bicyclic) bond motifs is 1. The first kappa shape index (κ1) is 15.7. The lowest BCUT2D eigenvalue weighted by Gasteiger charge is -2.06. The number of rotatable bonds is 4. The van der Waals surface area contributed by atoms with Crippen LogP contribution >= 0.6 is 0 Å². The number of aromatic amines is 1. The molecule has 0 aliphatic carbocycles. The van der Waals surface area contributed by atoms with Crippen molar-refractivity contribution in [3.63, 3.8) is 0 Å². The molecule has 3 aromatic heterocycles. The number of H-pyrrole nitrogens is 1. The molecule has 0 aliphatic heterocycles. The summed E-state index contributed by atoms with van der Waals surface area (Å²) in [6.45, 7) is 3.67. The number of pyridine rings is 1. The molecule has 3 rings (SSSR count). The van der Waals surface area contributed by atoms with E-state index < -0.39 is 11.5 Å². The summed E-state index contributed by atoms with van der Waals surface area (Å²) < 4.78 is 6.31. The van der Waals surface area contributed by atoms with Gasteiger partial charge in [-0.3, -0.25) is 4.79 Å². The predicted molar refractivity (Wildman–Crippen MR) is 86.6 cm³/mol. The van der Waals surface area contributed by atoms with Crippen LogP contribution in [0.4, 0.5) is 0 Å². The molecule has 124 valence electrons. The van der Waals surface area contributed by atoms with Crippen molar-refractivity contribution in [2.24, 2.45) is 0 Å². The lowest BCUT2D eigenvalue weighted by atomic mass is 10.0. The van der Waals surface area contributed by atoms with E-state index in [1.54, 1.807) is 12.1 Å². The monoisotopic (exact) mass is 328 g/mol. The molecule has 3 aromatic rings. The summed E-state index contributed by atoms with van der Waals surface area (Å²) in [4.78, 5) is 30.7. The van der Waals surface area contributed by atoms with Gasteiger partial charge in [-0.1, -0.05) is 13.8 Å². The van der Waals surface area contributed by atoms with Crippen molar-refractivity contribution in [1.82, 2.24) is 19.6 Å². The van der Waals surface area contributed by atoms with Crippen molar-refractivity contribution in [2.45, 2.75) is 19.8 Å². The number of nitrogens with one attached hydrogen (secondary N) is 1. The molecule has 0 radical (unpaired) electrons. The number of aromatic carboxylic acids is 1. The molecule has 0 saturated carbocycles. The smallest absolute Gasteiger partial charge is 0.337 e. The third-order valence-corrected chi connectivity index (χ3v) is 3.71. The third kappa shape index (κ3) is 2.51. The van der Waals surface area contributed by atoms with Crippen LogP contribution in [0.5, 0.6) is 5.88 Å². The quantitative estimate of drug-likeness (QED) is 0.757. The summed E-state index contributed by atoms with van der Waals surface area (Å²) in [5.74, 6) is -0.475. The van der Waals surface area contributed by atoms with Crippen LogP contribution in [0, 0.1) is 0 Å². The van der Waals surface area contributed by atoms with Crippen molar-refractivity contribution in [3.8, 4) is 17.3 Å².